The Morgan fingerprint density at radius 2 is 1.79 bits per heavy atom. The van der Waals surface area contributed by atoms with Gasteiger partial charge in [-0.05, 0) is 48.4 Å². The van der Waals surface area contributed by atoms with Crippen molar-refractivity contribution in [1.29, 1.82) is 0 Å². The molecule has 0 saturated heterocycles. The second-order valence-corrected chi connectivity index (χ2v) is 6.30. The quantitative estimate of drug-likeness (QED) is 0.533. The molecular formula is C22H19N5O. The first kappa shape index (κ1) is 17.6. The topological polar surface area (TPSA) is 72.8 Å². The van der Waals surface area contributed by atoms with Crippen molar-refractivity contribution in [3.63, 3.8) is 0 Å². The highest BCUT2D eigenvalue weighted by Gasteiger charge is 2.04. The number of nitrogens with zero attached hydrogens (tertiary/aromatic N) is 4. The zero-order chi connectivity index (χ0) is 19.2. The molecule has 1 aromatic carbocycles. The molecule has 6 heteroatoms. The third-order valence-electron chi connectivity index (χ3n) is 4.23. The Labute approximate surface area is 163 Å². The summed E-state index contributed by atoms with van der Waals surface area (Å²) in [6.45, 7) is 2.71. The molecule has 4 aromatic rings. The molecule has 0 saturated carbocycles. The summed E-state index contributed by atoms with van der Waals surface area (Å²) >= 11 is 0. The maximum absolute atomic E-state index is 5.88. The summed E-state index contributed by atoms with van der Waals surface area (Å²) < 4.78 is 5.88. The number of hydrogen-bond donors (Lipinski definition) is 1. The van der Waals surface area contributed by atoms with E-state index in [4.69, 9.17) is 4.74 Å². The number of ether oxygens (including phenoxy) is 1. The summed E-state index contributed by atoms with van der Waals surface area (Å²) in [7, 11) is 0. The van der Waals surface area contributed by atoms with E-state index in [0.29, 0.717) is 6.54 Å². The molecule has 3 aromatic heterocycles. The SMILES string of the molecule is Cc1cc(CNc2ccc(-c3cncnc3)cn2)ccc1Oc1cccnc1. The second-order valence-electron chi connectivity index (χ2n) is 6.30. The molecule has 0 aliphatic carbocycles. The summed E-state index contributed by atoms with van der Waals surface area (Å²) in [5, 5.41) is 3.34. The fraction of sp³-hybridized carbons (Fsp3) is 0.0909. The van der Waals surface area contributed by atoms with Crippen LogP contribution >= 0.6 is 0 Å². The van der Waals surface area contributed by atoms with E-state index in [1.807, 2.05) is 49.5 Å². The van der Waals surface area contributed by atoms with Crippen LogP contribution in [0.2, 0.25) is 0 Å². The molecule has 1 N–H and O–H groups in total. The van der Waals surface area contributed by atoms with Crippen molar-refractivity contribution in [1.82, 2.24) is 19.9 Å². The van der Waals surface area contributed by atoms with Gasteiger partial charge in [0, 0.05) is 42.5 Å². The van der Waals surface area contributed by atoms with Gasteiger partial charge in [0.15, 0.2) is 0 Å². The van der Waals surface area contributed by atoms with Crippen molar-refractivity contribution in [2.75, 3.05) is 5.32 Å². The molecule has 138 valence electrons. The van der Waals surface area contributed by atoms with Crippen LogP contribution in [0.1, 0.15) is 11.1 Å². The molecule has 6 nitrogen and oxygen atoms in total. The summed E-state index contributed by atoms with van der Waals surface area (Å²) in [5.74, 6) is 2.36. The minimum atomic E-state index is 0.675. The van der Waals surface area contributed by atoms with Crippen LogP contribution in [-0.4, -0.2) is 19.9 Å². The number of rotatable bonds is 6. The standard InChI is InChI=1S/C22H19N5O/c1-16-9-17(4-6-21(16)28-20-3-2-8-23-14-20)10-26-22-7-5-18(13-27-22)19-11-24-15-25-12-19/h2-9,11-15H,10H2,1H3,(H,26,27). The Hall–Kier alpha value is -3.80. The van der Waals surface area contributed by atoms with Crippen LogP contribution in [0.3, 0.4) is 0 Å². The van der Waals surface area contributed by atoms with Crippen molar-refractivity contribution in [3.05, 3.63) is 90.9 Å². The number of hydrogen-bond acceptors (Lipinski definition) is 6. The van der Waals surface area contributed by atoms with Crippen LogP contribution in [0, 0.1) is 6.92 Å². The van der Waals surface area contributed by atoms with Crippen LogP contribution in [-0.2, 0) is 6.54 Å². The lowest BCUT2D eigenvalue weighted by Gasteiger charge is -2.11. The monoisotopic (exact) mass is 369 g/mol. The Kier molecular flexibility index (Phi) is 5.20. The van der Waals surface area contributed by atoms with Gasteiger partial charge in [-0.1, -0.05) is 12.1 Å². The van der Waals surface area contributed by atoms with Gasteiger partial charge < -0.3 is 10.1 Å². The zero-order valence-corrected chi connectivity index (χ0v) is 15.4. The molecule has 0 aliphatic rings. The third kappa shape index (κ3) is 4.29. The van der Waals surface area contributed by atoms with Crippen LogP contribution in [0.25, 0.3) is 11.1 Å². The molecule has 4 rings (SSSR count). The lowest BCUT2D eigenvalue weighted by molar-refractivity contribution is 0.476. The Morgan fingerprint density at radius 3 is 2.50 bits per heavy atom. The van der Waals surface area contributed by atoms with Gasteiger partial charge in [-0.3, -0.25) is 4.98 Å². The molecular weight excluding hydrogens is 350 g/mol. The fourth-order valence-corrected chi connectivity index (χ4v) is 2.78. The third-order valence-corrected chi connectivity index (χ3v) is 4.23. The van der Waals surface area contributed by atoms with Gasteiger partial charge in [0.1, 0.15) is 23.6 Å². The normalized spacial score (nSPS) is 10.5. The summed E-state index contributed by atoms with van der Waals surface area (Å²) in [6.07, 6.45) is 10.3. The number of aryl methyl sites for hydroxylation is 1. The van der Waals surface area contributed by atoms with E-state index < -0.39 is 0 Å². The maximum atomic E-state index is 5.88. The summed E-state index contributed by atoms with van der Waals surface area (Å²) in [5.41, 5.74) is 4.15. The van der Waals surface area contributed by atoms with E-state index >= 15 is 0 Å². The zero-order valence-electron chi connectivity index (χ0n) is 15.4. The van der Waals surface area contributed by atoms with Crippen molar-refractivity contribution < 1.29 is 4.74 Å². The Balaban J connectivity index is 1.39. The molecule has 0 aliphatic heterocycles. The van der Waals surface area contributed by atoms with Gasteiger partial charge in [-0.15, -0.1) is 0 Å². The van der Waals surface area contributed by atoms with Gasteiger partial charge in [0.2, 0.25) is 0 Å². The van der Waals surface area contributed by atoms with Crippen molar-refractivity contribution in [3.8, 4) is 22.6 Å². The molecule has 0 radical (unpaired) electrons. The van der Waals surface area contributed by atoms with Crippen LogP contribution < -0.4 is 10.1 Å². The molecule has 28 heavy (non-hydrogen) atoms. The van der Waals surface area contributed by atoms with Gasteiger partial charge in [0.25, 0.3) is 0 Å². The Bertz CT molecular complexity index is 1040. The van der Waals surface area contributed by atoms with Crippen LogP contribution in [0.5, 0.6) is 11.5 Å². The van der Waals surface area contributed by atoms with Crippen molar-refractivity contribution in [2.24, 2.45) is 0 Å². The molecule has 0 unspecified atom stereocenters. The van der Waals surface area contributed by atoms with Gasteiger partial charge in [0.05, 0.1) is 6.20 Å². The molecule has 0 spiro atoms. The van der Waals surface area contributed by atoms with Gasteiger partial charge in [-0.25, -0.2) is 15.0 Å². The minimum Gasteiger partial charge on any atom is -0.455 e. The van der Waals surface area contributed by atoms with E-state index in [0.717, 1.165) is 39.6 Å². The molecule has 0 amide bonds. The number of anilines is 1. The largest absolute Gasteiger partial charge is 0.455 e. The highest BCUT2D eigenvalue weighted by atomic mass is 16.5. The molecule has 0 bridgehead atoms. The minimum absolute atomic E-state index is 0.675. The molecule has 0 fully saturated rings. The van der Waals surface area contributed by atoms with Crippen molar-refractivity contribution >= 4 is 5.82 Å². The summed E-state index contributed by atoms with van der Waals surface area (Å²) in [6, 6.07) is 13.8. The highest BCUT2D eigenvalue weighted by molar-refractivity contribution is 5.61. The number of benzene rings is 1. The lowest BCUT2D eigenvalue weighted by atomic mass is 10.1. The van der Waals surface area contributed by atoms with Gasteiger partial charge >= 0.3 is 0 Å². The second kappa shape index (κ2) is 8.26. The first-order valence-corrected chi connectivity index (χ1v) is 8.91. The van der Waals surface area contributed by atoms with Crippen molar-refractivity contribution in [2.45, 2.75) is 13.5 Å². The predicted octanol–water partition coefficient (Wildman–Crippen LogP) is 4.65. The van der Waals surface area contributed by atoms with E-state index in [2.05, 4.69) is 31.3 Å². The predicted molar refractivity (Wildman–Crippen MR) is 108 cm³/mol. The van der Waals surface area contributed by atoms with E-state index in [9.17, 15) is 0 Å². The summed E-state index contributed by atoms with van der Waals surface area (Å²) in [4.78, 5) is 16.6. The first-order chi connectivity index (χ1) is 13.8. The highest BCUT2D eigenvalue weighted by Crippen LogP contribution is 2.25. The van der Waals surface area contributed by atoms with E-state index in [-0.39, 0.29) is 0 Å². The Morgan fingerprint density at radius 1 is 0.893 bits per heavy atom. The fourth-order valence-electron chi connectivity index (χ4n) is 2.78. The first-order valence-electron chi connectivity index (χ1n) is 8.91. The van der Waals surface area contributed by atoms with E-state index in [1.165, 1.54) is 6.33 Å². The van der Waals surface area contributed by atoms with Crippen LogP contribution in [0.15, 0.2) is 79.8 Å². The smallest absolute Gasteiger partial charge is 0.145 e. The molecule has 0 atom stereocenters. The van der Waals surface area contributed by atoms with E-state index in [1.54, 1.807) is 24.8 Å². The molecule has 3 heterocycles. The lowest BCUT2D eigenvalue weighted by Crippen LogP contribution is -2.02. The number of aromatic nitrogens is 4. The average Bonchev–Trinajstić information content (AvgIpc) is 2.76. The number of nitrogens with one attached hydrogen (secondary N) is 1. The maximum Gasteiger partial charge on any atom is 0.145 e. The number of pyridine rings is 2. The van der Waals surface area contributed by atoms with Crippen LogP contribution in [0.4, 0.5) is 5.82 Å². The average molecular weight is 369 g/mol. The van der Waals surface area contributed by atoms with Gasteiger partial charge in [-0.2, -0.15) is 0 Å².